The van der Waals surface area contributed by atoms with E-state index in [-0.39, 0.29) is 17.4 Å². The van der Waals surface area contributed by atoms with Gasteiger partial charge in [0.2, 0.25) is 5.91 Å². The van der Waals surface area contributed by atoms with Crippen molar-refractivity contribution in [2.75, 3.05) is 0 Å². The molecule has 1 heterocycles. The molecule has 22 heavy (non-hydrogen) atoms. The minimum absolute atomic E-state index is 0.0528. The van der Waals surface area contributed by atoms with Crippen LogP contribution in [-0.4, -0.2) is 11.1 Å². The van der Waals surface area contributed by atoms with E-state index in [9.17, 15) is 9.18 Å². The van der Waals surface area contributed by atoms with E-state index < -0.39 is 11.9 Å². The van der Waals surface area contributed by atoms with Gasteiger partial charge in [0.15, 0.2) is 0 Å². The molecule has 1 atom stereocenters. The molecule has 2 aromatic rings. The molecule has 4 nitrogen and oxygen atoms in total. The summed E-state index contributed by atoms with van der Waals surface area (Å²) in [5, 5.41) is 6.82. The minimum Gasteiger partial charge on any atom is -0.361 e. The van der Waals surface area contributed by atoms with Crippen molar-refractivity contribution in [1.29, 1.82) is 0 Å². The van der Waals surface area contributed by atoms with Crippen LogP contribution < -0.4 is 5.32 Å². The summed E-state index contributed by atoms with van der Waals surface area (Å²) in [7, 11) is 0. The van der Waals surface area contributed by atoms with Gasteiger partial charge in [0.05, 0.1) is 23.2 Å². The van der Waals surface area contributed by atoms with Crippen LogP contribution in [0.4, 0.5) is 4.39 Å². The summed E-state index contributed by atoms with van der Waals surface area (Å²) in [6.07, 6.45) is 0.138. The first-order valence-corrected chi connectivity index (χ1v) is 7.40. The number of benzene rings is 1. The van der Waals surface area contributed by atoms with Crippen LogP contribution in [0.1, 0.15) is 35.5 Å². The Balaban J connectivity index is 2.10. The van der Waals surface area contributed by atoms with Gasteiger partial charge in [0, 0.05) is 10.6 Å². The molecule has 1 N–H and O–H groups in total. The van der Waals surface area contributed by atoms with Crippen LogP contribution in [0.25, 0.3) is 0 Å². The highest BCUT2D eigenvalue weighted by Gasteiger charge is 2.18. The third kappa shape index (κ3) is 3.59. The quantitative estimate of drug-likeness (QED) is 0.847. The number of aromatic nitrogens is 1. The fraction of sp³-hybridized carbons (Fsp3) is 0.333. The first-order chi connectivity index (χ1) is 10.3. The molecule has 118 valence electrons. The molecule has 0 saturated heterocycles. The molecule has 0 aliphatic heterocycles. The zero-order valence-corrected chi connectivity index (χ0v) is 13.8. The second-order valence-electron chi connectivity index (χ2n) is 5.06. The number of aryl methyl sites for hydroxylation is 2. The van der Waals surface area contributed by atoms with Crippen molar-refractivity contribution >= 4 is 29.1 Å². The standard InChI is InChI=1S/C15H15Cl2FN2O2/c1-7(11-4-14(18)13(17)6-12(11)16)19-15(21)5-10-8(2)20-22-9(10)3/h4,6-7H,5H2,1-3H3,(H,19,21). The molecule has 1 aromatic carbocycles. The van der Waals surface area contributed by atoms with Gasteiger partial charge >= 0.3 is 0 Å². The Morgan fingerprint density at radius 1 is 1.36 bits per heavy atom. The van der Waals surface area contributed by atoms with Gasteiger partial charge in [-0.05, 0) is 38.5 Å². The van der Waals surface area contributed by atoms with Gasteiger partial charge < -0.3 is 9.84 Å². The normalized spacial score (nSPS) is 12.3. The summed E-state index contributed by atoms with van der Waals surface area (Å²) < 4.78 is 18.6. The molecule has 1 aromatic heterocycles. The number of hydrogen-bond acceptors (Lipinski definition) is 3. The van der Waals surface area contributed by atoms with Gasteiger partial charge in [-0.15, -0.1) is 0 Å². The van der Waals surface area contributed by atoms with Gasteiger partial charge in [-0.2, -0.15) is 0 Å². The van der Waals surface area contributed by atoms with E-state index >= 15 is 0 Å². The zero-order chi connectivity index (χ0) is 16.4. The van der Waals surface area contributed by atoms with Gasteiger partial charge in [0.1, 0.15) is 11.6 Å². The SMILES string of the molecule is Cc1noc(C)c1CC(=O)NC(C)c1cc(F)c(Cl)cc1Cl. The van der Waals surface area contributed by atoms with Crippen molar-refractivity contribution in [3.8, 4) is 0 Å². The highest BCUT2D eigenvalue weighted by atomic mass is 35.5. The third-order valence-electron chi connectivity index (χ3n) is 3.40. The van der Waals surface area contributed by atoms with Crippen LogP contribution in [0.15, 0.2) is 16.7 Å². The van der Waals surface area contributed by atoms with E-state index in [0.29, 0.717) is 22.0 Å². The molecule has 0 saturated carbocycles. The van der Waals surface area contributed by atoms with Gasteiger partial charge in [-0.1, -0.05) is 28.4 Å². The van der Waals surface area contributed by atoms with E-state index in [2.05, 4.69) is 10.5 Å². The van der Waals surface area contributed by atoms with Gasteiger partial charge in [0.25, 0.3) is 0 Å². The predicted octanol–water partition coefficient (Wildman–Crippen LogP) is 4.16. The van der Waals surface area contributed by atoms with Crippen LogP contribution in [0, 0.1) is 19.7 Å². The lowest BCUT2D eigenvalue weighted by Gasteiger charge is -2.16. The molecule has 0 radical (unpaired) electrons. The van der Waals surface area contributed by atoms with E-state index in [1.54, 1.807) is 20.8 Å². The van der Waals surface area contributed by atoms with E-state index in [0.717, 1.165) is 5.56 Å². The van der Waals surface area contributed by atoms with Crippen LogP contribution in [-0.2, 0) is 11.2 Å². The lowest BCUT2D eigenvalue weighted by Crippen LogP contribution is -2.28. The molecular weight excluding hydrogens is 330 g/mol. The van der Waals surface area contributed by atoms with Crippen LogP contribution in [0.3, 0.4) is 0 Å². The van der Waals surface area contributed by atoms with Crippen LogP contribution in [0.2, 0.25) is 10.0 Å². The lowest BCUT2D eigenvalue weighted by atomic mass is 10.1. The summed E-state index contributed by atoms with van der Waals surface area (Å²) in [4.78, 5) is 12.1. The smallest absolute Gasteiger partial charge is 0.225 e. The minimum atomic E-state index is -0.576. The molecule has 0 aliphatic rings. The maximum Gasteiger partial charge on any atom is 0.225 e. The molecule has 7 heteroatoms. The predicted molar refractivity (Wildman–Crippen MR) is 82.7 cm³/mol. The first kappa shape index (κ1) is 16.8. The van der Waals surface area contributed by atoms with Crippen molar-refractivity contribution in [2.24, 2.45) is 0 Å². The number of carbonyl (C=O) groups excluding carboxylic acids is 1. The fourth-order valence-electron chi connectivity index (χ4n) is 2.15. The molecule has 0 bridgehead atoms. The summed E-state index contributed by atoms with van der Waals surface area (Å²) in [6, 6.07) is 2.10. The van der Waals surface area contributed by atoms with Crippen molar-refractivity contribution in [2.45, 2.75) is 33.2 Å². The highest BCUT2D eigenvalue weighted by molar-refractivity contribution is 6.35. The molecular formula is C15H15Cl2FN2O2. The molecule has 0 spiro atoms. The Kier molecular flexibility index (Phi) is 5.08. The molecule has 1 unspecified atom stereocenters. The van der Waals surface area contributed by atoms with Crippen LogP contribution in [0.5, 0.6) is 0 Å². The Bertz CT molecular complexity index is 696. The summed E-state index contributed by atoms with van der Waals surface area (Å²) >= 11 is 11.7. The van der Waals surface area contributed by atoms with E-state index in [4.69, 9.17) is 27.7 Å². The Hall–Kier alpha value is -1.59. The number of carbonyl (C=O) groups is 1. The number of nitrogens with one attached hydrogen (secondary N) is 1. The molecule has 0 fully saturated rings. The van der Waals surface area contributed by atoms with Crippen LogP contribution >= 0.6 is 23.2 Å². The Morgan fingerprint density at radius 2 is 2.05 bits per heavy atom. The average Bonchev–Trinajstić information content (AvgIpc) is 2.74. The van der Waals surface area contributed by atoms with Crippen molar-refractivity contribution < 1.29 is 13.7 Å². The summed E-state index contributed by atoms with van der Waals surface area (Å²) in [6.45, 7) is 5.24. The third-order valence-corrected chi connectivity index (χ3v) is 4.02. The largest absolute Gasteiger partial charge is 0.361 e. The summed E-state index contributed by atoms with van der Waals surface area (Å²) in [5.41, 5.74) is 1.89. The summed E-state index contributed by atoms with van der Waals surface area (Å²) in [5.74, 6) is -0.197. The van der Waals surface area contributed by atoms with Crippen molar-refractivity contribution in [3.05, 3.63) is 50.6 Å². The fourth-order valence-corrected chi connectivity index (χ4v) is 2.70. The number of amides is 1. The van der Waals surface area contributed by atoms with Crippen molar-refractivity contribution in [3.63, 3.8) is 0 Å². The Morgan fingerprint density at radius 3 is 2.64 bits per heavy atom. The first-order valence-electron chi connectivity index (χ1n) is 6.65. The van der Waals surface area contributed by atoms with Gasteiger partial charge in [-0.25, -0.2) is 4.39 Å². The lowest BCUT2D eigenvalue weighted by molar-refractivity contribution is -0.121. The number of hydrogen-bond donors (Lipinski definition) is 1. The van der Waals surface area contributed by atoms with E-state index in [1.165, 1.54) is 12.1 Å². The monoisotopic (exact) mass is 344 g/mol. The zero-order valence-electron chi connectivity index (χ0n) is 12.3. The molecule has 2 rings (SSSR count). The molecule has 1 amide bonds. The van der Waals surface area contributed by atoms with Crippen molar-refractivity contribution in [1.82, 2.24) is 10.5 Å². The molecule has 0 aliphatic carbocycles. The number of halogens is 3. The average molecular weight is 345 g/mol. The maximum absolute atomic E-state index is 13.5. The maximum atomic E-state index is 13.5. The Labute approximate surface area is 137 Å². The highest BCUT2D eigenvalue weighted by Crippen LogP contribution is 2.28. The van der Waals surface area contributed by atoms with E-state index in [1.807, 2.05) is 0 Å². The topological polar surface area (TPSA) is 55.1 Å². The number of rotatable bonds is 4. The number of nitrogens with zero attached hydrogens (tertiary/aromatic N) is 1. The second-order valence-corrected chi connectivity index (χ2v) is 5.87. The second kappa shape index (κ2) is 6.67. The van der Waals surface area contributed by atoms with Gasteiger partial charge in [-0.3, -0.25) is 4.79 Å².